The van der Waals surface area contributed by atoms with E-state index in [1.807, 2.05) is 133 Å². The number of nitrogens with zero attached hydrogens (tertiary/aromatic N) is 4. The first kappa shape index (κ1) is 33.7. The van der Waals surface area contributed by atoms with Crippen LogP contribution in [-0.4, -0.2) is 27.9 Å². The van der Waals surface area contributed by atoms with Crippen molar-refractivity contribution in [2.45, 2.75) is 4.90 Å². The van der Waals surface area contributed by atoms with Gasteiger partial charge in [-0.25, -0.2) is 4.98 Å². The maximum atomic E-state index is 11.7. The fourth-order valence-electron chi connectivity index (χ4n) is 6.54. The van der Waals surface area contributed by atoms with Gasteiger partial charge < -0.3 is 9.47 Å². The van der Waals surface area contributed by atoms with Crippen LogP contribution in [0.5, 0.6) is 23.3 Å². The van der Waals surface area contributed by atoms with Crippen LogP contribution in [0.4, 0.5) is 17.1 Å². The fraction of sp³-hybridized carbons (Fsp3) is 0. The molecule has 8 aromatic rings. The van der Waals surface area contributed by atoms with Gasteiger partial charge in [-0.1, -0.05) is 127 Å². The zero-order valence-electron chi connectivity index (χ0n) is 29.0. The van der Waals surface area contributed by atoms with Crippen LogP contribution in [0.15, 0.2) is 181 Å². The summed E-state index contributed by atoms with van der Waals surface area (Å²) in [7, 11) is -4.33. The molecule has 1 N–H and O–H groups in total. The first-order valence-electron chi connectivity index (χ1n) is 17.4. The van der Waals surface area contributed by atoms with E-state index in [4.69, 9.17) is 24.4 Å². The molecule has 7 aromatic carbocycles. The van der Waals surface area contributed by atoms with Crippen molar-refractivity contribution in [3.8, 4) is 68.3 Å². The van der Waals surface area contributed by atoms with Gasteiger partial charge in [-0.2, -0.15) is 18.4 Å². The zero-order chi connectivity index (χ0) is 37.4. The summed E-state index contributed by atoms with van der Waals surface area (Å²) in [6.45, 7) is 0. The Morgan fingerprint density at radius 1 is 0.473 bits per heavy atom. The third-order valence-corrected chi connectivity index (χ3v) is 10.1. The molecule has 0 fully saturated rings. The minimum absolute atomic E-state index is 0.136. The Morgan fingerprint density at radius 2 is 0.927 bits per heavy atom. The molecule has 10 heteroatoms. The van der Waals surface area contributed by atoms with E-state index in [2.05, 4.69) is 23.1 Å². The number of aromatic nitrogens is 3. The molecule has 1 aliphatic rings. The molecular weight excluding hydrogens is 709 g/mol. The number of ether oxygens (including phenoxy) is 2. The van der Waals surface area contributed by atoms with Gasteiger partial charge in [-0.15, -0.1) is 0 Å². The molecule has 1 aromatic heterocycles. The zero-order valence-corrected chi connectivity index (χ0v) is 29.8. The van der Waals surface area contributed by atoms with Crippen molar-refractivity contribution in [3.05, 3.63) is 176 Å². The molecule has 9 rings (SSSR count). The van der Waals surface area contributed by atoms with Crippen LogP contribution in [0.3, 0.4) is 0 Å². The largest absolute Gasteiger partial charge is 0.453 e. The van der Waals surface area contributed by atoms with Crippen molar-refractivity contribution in [1.29, 1.82) is 0 Å². The van der Waals surface area contributed by atoms with Gasteiger partial charge in [-0.3, -0.25) is 9.45 Å². The van der Waals surface area contributed by atoms with Crippen molar-refractivity contribution < 1.29 is 22.4 Å². The van der Waals surface area contributed by atoms with E-state index in [9.17, 15) is 13.0 Å². The van der Waals surface area contributed by atoms with Gasteiger partial charge in [0, 0.05) is 11.1 Å². The summed E-state index contributed by atoms with van der Waals surface area (Å²) in [5, 5.41) is 0. The van der Waals surface area contributed by atoms with Crippen molar-refractivity contribution in [2.75, 3.05) is 4.90 Å². The van der Waals surface area contributed by atoms with Gasteiger partial charge in [0.2, 0.25) is 0 Å². The van der Waals surface area contributed by atoms with Crippen LogP contribution in [-0.2, 0) is 10.1 Å². The molecule has 0 radical (unpaired) electrons. The molecule has 2 heterocycles. The summed E-state index contributed by atoms with van der Waals surface area (Å²) in [5.74, 6) is 2.66. The number of rotatable bonds is 8. The van der Waals surface area contributed by atoms with Crippen LogP contribution in [0.1, 0.15) is 0 Å². The number of hydrogen-bond acceptors (Lipinski definition) is 8. The maximum Gasteiger partial charge on any atom is 0.326 e. The highest BCUT2D eigenvalue weighted by Gasteiger charge is 2.29. The van der Waals surface area contributed by atoms with Crippen LogP contribution < -0.4 is 14.4 Å². The molecule has 0 spiro atoms. The third-order valence-electron chi connectivity index (χ3n) is 9.20. The predicted molar refractivity (Wildman–Crippen MR) is 213 cm³/mol. The highest BCUT2D eigenvalue weighted by Crippen LogP contribution is 2.54. The van der Waals surface area contributed by atoms with Crippen LogP contribution in [0.25, 0.3) is 45.0 Å². The third kappa shape index (κ3) is 6.79. The molecule has 1 aliphatic heterocycles. The second-order valence-electron chi connectivity index (χ2n) is 12.7. The second-order valence-corrected chi connectivity index (χ2v) is 14.2. The summed E-state index contributed by atoms with van der Waals surface area (Å²) in [6, 6.07) is 55.3. The van der Waals surface area contributed by atoms with E-state index in [-0.39, 0.29) is 10.9 Å². The number of para-hydroxylation sites is 2. The fourth-order valence-corrected chi connectivity index (χ4v) is 7.02. The summed E-state index contributed by atoms with van der Waals surface area (Å²) in [6.07, 6.45) is 0. The summed E-state index contributed by atoms with van der Waals surface area (Å²) < 4.78 is 46.2. The van der Waals surface area contributed by atoms with E-state index in [1.165, 1.54) is 12.1 Å². The number of anilines is 3. The average Bonchev–Trinajstić information content (AvgIpc) is 3.23. The predicted octanol–water partition coefficient (Wildman–Crippen LogP) is 11.2. The van der Waals surface area contributed by atoms with Crippen LogP contribution in [0, 0.1) is 0 Å². The Labute approximate surface area is 317 Å². The van der Waals surface area contributed by atoms with E-state index in [1.54, 1.807) is 12.1 Å². The lowest BCUT2D eigenvalue weighted by Gasteiger charge is -2.34. The molecule has 9 nitrogen and oxygen atoms in total. The molecule has 0 amide bonds. The molecule has 0 saturated carbocycles. The standard InChI is InChI=1S/C45H30N4O5S/c50-55(51,52)36-24-20-31(21-25-36)35-23-27-39-42(29-35)53-41-28-34(30-12-4-1-5-13-30)22-26-38(41)49(39)37-18-10-11-19-40(37)54-45-47-43(32-14-6-2-7-15-32)46-44(48-45)33-16-8-3-9-17-33/h1-29H,(H,50,51,52). The highest BCUT2D eigenvalue weighted by molar-refractivity contribution is 7.85. The lowest BCUT2D eigenvalue weighted by molar-refractivity contribution is 0.441. The second kappa shape index (κ2) is 14.0. The lowest BCUT2D eigenvalue weighted by atomic mass is 10.0. The number of benzene rings is 7. The van der Waals surface area contributed by atoms with E-state index in [0.29, 0.717) is 34.6 Å². The quantitative estimate of drug-likeness (QED) is 0.152. The Bertz CT molecular complexity index is 2730. The van der Waals surface area contributed by atoms with Crippen molar-refractivity contribution in [2.24, 2.45) is 0 Å². The average molecular weight is 739 g/mol. The molecule has 0 bridgehead atoms. The summed E-state index contributed by atoms with van der Waals surface area (Å²) in [4.78, 5) is 16.2. The van der Waals surface area contributed by atoms with E-state index < -0.39 is 10.1 Å². The number of fused-ring (bicyclic) bond motifs is 2. The van der Waals surface area contributed by atoms with Gasteiger partial charge in [0.15, 0.2) is 28.9 Å². The molecule has 266 valence electrons. The Kier molecular flexibility index (Phi) is 8.58. The van der Waals surface area contributed by atoms with E-state index in [0.717, 1.165) is 44.8 Å². The monoisotopic (exact) mass is 738 g/mol. The van der Waals surface area contributed by atoms with Crippen molar-refractivity contribution in [3.63, 3.8) is 0 Å². The summed E-state index contributed by atoms with van der Waals surface area (Å²) >= 11 is 0. The van der Waals surface area contributed by atoms with Crippen molar-refractivity contribution in [1.82, 2.24) is 15.0 Å². The number of hydrogen-bond donors (Lipinski definition) is 1. The van der Waals surface area contributed by atoms with Gasteiger partial charge in [0.1, 0.15) is 0 Å². The van der Waals surface area contributed by atoms with Crippen molar-refractivity contribution >= 4 is 27.2 Å². The van der Waals surface area contributed by atoms with Gasteiger partial charge in [0.05, 0.1) is 22.0 Å². The molecule has 0 unspecified atom stereocenters. The highest BCUT2D eigenvalue weighted by atomic mass is 32.2. The van der Waals surface area contributed by atoms with Crippen LogP contribution >= 0.6 is 0 Å². The van der Waals surface area contributed by atoms with Gasteiger partial charge in [-0.05, 0) is 70.8 Å². The first-order valence-corrected chi connectivity index (χ1v) is 18.8. The molecule has 0 saturated heterocycles. The van der Waals surface area contributed by atoms with Crippen LogP contribution in [0.2, 0.25) is 0 Å². The van der Waals surface area contributed by atoms with Gasteiger partial charge >= 0.3 is 6.01 Å². The van der Waals surface area contributed by atoms with E-state index >= 15 is 0 Å². The topological polar surface area (TPSA) is 115 Å². The molecule has 0 aliphatic carbocycles. The SMILES string of the molecule is O=S(=O)(O)c1ccc(-c2ccc3c(c2)Oc2cc(-c4ccccc4)ccc2N3c2ccccc2Oc2nc(-c3ccccc3)nc(-c3ccccc3)n2)cc1. The normalized spacial score (nSPS) is 12.0. The lowest BCUT2D eigenvalue weighted by Crippen LogP contribution is -2.16. The minimum atomic E-state index is -4.33. The Morgan fingerprint density at radius 3 is 1.45 bits per heavy atom. The smallest absolute Gasteiger partial charge is 0.326 e. The summed E-state index contributed by atoms with van der Waals surface area (Å²) in [5.41, 5.74) is 7.48. The Balaban J connectivity index is 1.17. The van der Waals surface area contributed by atoms with Gasteiger partial charge in [0.25, 0.3) is 10.1 Å². The first-order chi connectivity index (χ1) is 26.9. The Hall–Kier alpha value is -7.14. The maximum absolute atomic E-state index is 11.7. The molecular formula is C45H30N4O5S. The molecule has 55 heavy (non-hydrogen) atoms. The molecule has 0 atom stereocenters. The minimum Gasteiger partial charge on any atom is -0.453 e.